The second kappa shape index (κ2) is 6.08. The highest BCUT2D eigenvalue weighted by atomic mass is 32.2. The lowest BCUT2D eigenvalue weighted by Crippen LogP contribution is -2.33. The number of nitrogens with one attached hydrogen (secondary N) is 1. The Morgan fingerprint density at radius 3 is 2.67 bits per heavy atom. The fraction of sp³-hybridized carbons (Fsp3) is 0.800. The van der Waals surface area contributed by atoms with Gasteiger partial charge in [-0.3, -0.25) is 4.68 Å². The predicted octanol–water partition coefficient (Wildman–Crippen LogP) is 1.58. The third kappa shape index (κ3) is 3.48. The molecule has 1 atom stereocenters. The Bertz CT molecular complexity index is 607. The molecule has 6 heteroatoms. The number of hydrogen-bond donors (Lipinski definition) is 1. The van der Waals surface area contributed by atoms with Crippen LogP contribution in [0.15, 0.2) is 0 Å². The molecule has 2 rings (SSSR count). The summed E-state index contributed by atoms with van der Waals surface area (Å²) in [4.78, 5) is 0. The summed E-state index contributed by atoms with van der Waals surface area (Å²) in [5.74, 6) is 0.483. The zero-order chi connectivity index (χ0) is 15.7. The zero-order valence-corrected chi connectivity index (χ0v) is 14.4. The van der Waals surface area contributed by atoms with Crippen LogP contribution < -0.4 is 5.32 Å². The zero-order valence-electron chi connectivity index (χ0n) is 13.6. The van der Waals surface area contributed by atoms with E-state index in [0.29, 0.717) is 6.42 Å². The summed E-state index contributed by atoms with van der Waals surface area (Å²) >= 11 is 0. The SMILES string of the molecule is CCNCCCc1c(C)nn(C2(C)CCS(=O)(=O)C2)c1C. The average Bonchev–Trinajstić information content (AvgIpc) is 2.85. The van der Waals surface area contributed by atoms with E-state index in [-0.39, 0.29) is 17.0 Å². The molecule has 0 aromatic carbocycles. The Balaban J connectivity index is 2.19. The number of sulfone groups is 1. The minimum atomic E-state index is -2.92. The molecule has 0 bridgehead atoms. The Morgan fingerprint density at radius 1 is 1.38 bits per heavy atom. The number of nitrogens with zero attached hydrogens (tertiary/aromatic N) is 2. The lowest BCUT2D eigenvalue weighted by atomic mass is 10.0. The van der Waals surface area contributed by atoms with Crippen LogP contribution in [0.5, 0.6) is 0 Å². The molecule has 120 valence electrons. The van der Waals surface area contributed by atoms with Crippen molar-refractivity contribution in [3.63, 3.8) is 0 Å². The van der Waals surface area contributed by atoms with Gasteiger partial charge in [-0.15, -0.1) is 0 Å². The highest BCUT2D eigenvalue weighted by Gasteiger charge is 2.41. The molecule has 0 aliphatic carbocycles. The van der Waals surface area contributed by atoms with E-state index in [1.807, 2.05) is 18.5 Å². The van der Waals surface area contributed by atoms with Gasteiger partial charge in [-0.2, -0.15) is 5.10 Å². The van der Waals surface area contributed by atoms with Gasteiger partial charge in [0.15, 0.2) is 9.84 Å². The maximum absolute atomic E-state index is 11.8. The molecule has 5 nitrogen and oxygen atoms in total. The van der Waals surface area contributed by atoms with Crippen LogP contribution in [0, 0.1) is 13.8 Å². The van der Waals surface area contributed by atoms with Gasteiger partial charge in [0.2, 0.25) is 0 Å². The van der Waals surface area contributed by atoms with Crippen molar-refractivity contribution in [2.24, 2.45) is 0 Å². The quantitative estimate of drug-likeness (QED) is 0.810. The van der Waals surface area contributed by atoms with E-state index in [0.717, 1.165) is 37.3 Å². The Hall–Kier alpha value is -0.880. The highest BCUT2D eigenvalue weighted by Crippen LogP contribution is 2.32. The van der Waals surface area contributed by atoms with Crippen molar-refractivity contribution < 1.29 is 8.42 Å². The van der Waals surface area contributed by atoms with Crippen LogP contribution in [0.25, 0.3) is 0 Å². The highest BCUT2D eigenvalue weighted by molar-refractivity contribution is 7.91. The lowest BCUT2D eigenvalue weighted by molar-refractivity contribution is 0.320. The number of aryl methyl sites for hydroxylation is 1. The molecule has 21 heavy (non-hydrogen) atoms. The summed E-state index contributed by atoms with van der Waals surface area (Å²) in [7, 11) is -2.92. The molecule has 1 saturated heterocycles. The van der Waals surface area contributed by atoms with E-state index in [9.17, 15) is 8.42 Å². The largest absolute Gasteiger partial charge is 0.317 e. The van der Waals surface area contributed by atoms with Gasteiger partial charge in [0.25, 0.3) is 0 Å². The number of rotatable bonds is 6. The van der Waals surface area contributed by atoms with Crippen molar-refractivity contribution in [2.75, 3.05) is 24.6 Å². The molecule has 1 aromatic heterocycles. The Morgan fingerprint density at radius 2 is 2.10 bits per heavy atom. The van der Waals surface area contributed by atoms with Crippen LogP contribution >= 0.6 is 0 Å². The van der Waals surface area contributed by atoms with E-state index < -0.39 is 9.84 Å². The van der Waals surface area contributed by atoms with Crippen molar-refractivity contribution in [2.45, 2.75) is 52.5 Å². The van der Waals surface area contributed by atoms with Crippen molar-refractivity contribution in [1.29, 1.82) is 0 Å². The fourth-order valence-corrected chi connectivity index (χ4v) is 5.40. The molecule has 1 aliphatic heterocycles. The molecule has 1 aliphatic rings. The number of hydrogen-bond acceptors (Lipinski definition) is 4. The third-order valence-electron chi connectivity index (χ3n) is 4.47. The van der Waals surface area contributed by atoms with Crippen molar-refractivity contribution in [3.05, 3.63) is 17.0 Å². The summed E-state index contributed by atoms with van der Waals surface area (Å²) in [5.41, 5.74) is 3.06. The van der Waals surface area contributed by atoms with Crippen LogP contribution in [0.3, 0.4) is 0 Å². The van der Waals surface area contributed by atoms with Crippen molar-refractivity contribution >= 4 is 9.84 Å². The summed E-state index contributed by atoms with van der Waals surface area (Å²) in [6.45, 7) is 10.2. The minimum absolute atomic E-state index is 0.207. The molecular formula is C15H27N3O2S. The average molecular weight is 313 g/mol. The number of aromatic nitrogens is 2. The molecule has 1 aromatic rings. The normalized spacial score (nSPS) is 24.6. The monoisotopic (exact) mass is 313 g/mol. The van der Waals surface area contributed by atoms with Gasteiger partial charge in [-0.25, -0.2) is 8.42 Å². The molecule has 1 N–H and O–H groups in total. The van der Waals surface area contributed by atoms with Crippen LogP contribution in [-0.2, 0) is 21.8 Å². The van der Waals surface area contributed by atoms with Crippen LogP contribution in [-0.4, -0.2) is 42.8 Å². The van der Waals surface area contributed by atoms with Crippen LogP contribution in [0.2, 0.25) is 0 Å². The fourth-order valence-electron chi connectivity index (χ4n) is 3.29. The van der Waals surface area contributed by atoms with E-state index in [4.69, 9.17) is 0 Å². The summed E-state index contributed by atoms with van der Waals surface area (Å²) in [6, 6.07) is 0. The summed E-state index contributed by atoms with van der Waals surface area (Å²) in [5, 5.41) is 7.99. The summed E-state index contributed by atoms with van der Waals surface area (Å²) < 4.78 is 25.6. The van der Waals surface area contributed by atoms with E-state index in [1.165, 1.54) is 5.56 Å². The molecule has 2 heterocycles. The van der Waals surface area contributed by atoms with Crippen molar-refractivity contribution in [3.8, 4) is 0 Å². The predicted molar refractivity (Wildman–Crippen MR) is 85.5 cm³/mol. The van der Waals surface area contributed by atoms with Gasteiger partial charge in [0.05, 0.1) is 22.7 Å². The van der Waals surface area contributed by atoms with Crippen LogP contribution in [0.4, 0.5) is 0 Å². The smallest absolute Gasteiger partial charge is 0.152 e. The van der Waals surface area contributed by atoms with E-state index in [2.05, 4.69) is 24.3 Å². The second-order valence-corrected chi connectivity index (χ2v) is 8.54. The van der Waals surface area contributed by atoms with Gasteiger partial charge in [-0.05, 0) is 58.7 Å². The maximum Gasteiger partial charge on any atom is 0.152 e. The standard InChI is InChI=1S/C15H27N3O2S/c1-5-16-9-6-7-14-12(2)17-18(13(14)3)15(4)8-10-21(19,20)11-15/h16H,5-11H2,1-4H3. The molecule has 1 unspecified atom stereocenters. The van der Waals surface area contributed by atoms with Crippen LogP contribution in [0.1, 0.15) is 43.6 Å². The van der Waals surface area contributed by atoms with Gasteiger partial charge in [0, 0.05) is 5.69 Å². The maximum atomic E-state index is 11.8. The second-order valence-electron chi connectivity index (χ2n) is 6.36. The molecule has 0 radical (unpaired) electrons. The van der Waals surface area contributed by atoms with Gasteiger partial charge in [0.1, 0.15) is 0 Å². The topological polar surface area (TPSA) is 64.0 Å². The first-order valence-electron chi connectivity index (χ1n) is 7.76. The molecule has 0 spiro atoms. The van der Waals surface area contributed by atoms with E-state index >= 15 is 0 Å². The molecule has 0 saturated carbocycles. The van der Waals surface area contributed by atoms with Crippen molar-refractivity contribution in [1.82, 2.24) is 15.1 Å². The minimum Gasteiger partial charge on any atom is -0.317 e. The first-order valence-corrected chi connectivity index (χ1v) is 9.58. The lowest BCUT2D eigenvalue weighted by Gasteiger charge is -2.24. The van der Waals surface area contributed by atoms with Gasteiger partial charge in [-0.1, -0.05) is 6.92 Å². The third-order valence-corrected chi connectivity index (χ3v) is 6.35. The Kier molecular flexibility index (Phi) is 4.78. The first kappa shape index (κ1) is 16.5. The van der Waals surface area contributed by atoms with Gasteiger partial charge < -0.3 is 5.32 Å². The first-order chi connectivity index (χ1) is 9.79. The summed E-state index contributed by atoms with van der Waals surface area (Å²) in [6.07, 6.45) is 2.73. The Labute approximate surface area is 128 Å². The van der Waals surface area contributed by atoms with E-state index in [1.54, 1.807) is 0 Å². The molecule has 1 fully saturated rings. The molecular weight excluding hydrogens is 286 g/mol. The van der Waals surface area contributed by atoms with Gasteiger partial charge >= 0.3 is 0 Å². The molecule has 0 amide bonds.